The summed E-state index contributed by atoms with van der Waals surface area (Å²) in [4.78, 5) is 10.3. The number of hydrogen-bond donors (Lipinski definition) is 0. The second kappa shape index (κ2) is 6.85. The van der Waals surface area contributed by atoms with Crippen molar-refractivity contribution in [3.05, 3.63) is 17.4 Å². The SMILES string of the molecule is CN(CCCCCCl)c1ncc(Cl)cn1. The van der Waals surface area contributed by atoms with Gasteiger partial charge in [-0.2, -0.15) is 0 Å². The topological polar surface area (TPSA) is 29.0 Å². The van der Waals surface area contributed by atoms with Crippen molar-refractivity contribution >= 4 is 29.2 Å². The summed E-state index contributed by atoms with van der Waals surface area (Å²) in [6, 6.07) is 0. The molecule has 5 heteroatoms. The lowest BCUT2D eigenvalue weighted by Gasteiger charge is -2.16. The van der Waals surface area contributed by atoms with E-state index in [9.17, 15) is 0 Å². The Morgan fingerprint density at radius 2 is 1.87 bits per heavy atom. The Balaban J connectivity index is 2.33. The highest BCUT2D eigenvalue weighted by molar-refractivity contribution is 6.30. The van der Waals surface area contributed by atoms with Crippen LogP contribution < -0.4 is 4.90 Å². The third-order valence-corrected chi connectivity index (χ3v) is 2.54. The van der Waals surface area contributed by atoms with Gasteiger partial charge in [-0.15, -0.1) is 11.6 Å². The van der Waals surface area contributed by atoms with Gasteiger partial charge in [0.2, 0.25) is 5.95 Å². The van der Waals surface area contributed by atoms with E-state index in [0.717, 1.165) is 31.7 Å². The molecule has 0 N–H and O–H groups in total. The van der Waals surface area contributed by atoms with Crippen molar-refractivity contribution in [1.29, 1.82) is 0 Å². The van der Waals surface area contributed by atoms with Crippen LogP contribution in [0.3, 0.4) is 0 Å². The molecule has 0 spiro atoms. The van der Waals surface area contributed by atoms with Gasteiger partial charge in [-0.3, -0.25) is 0 Å². The number of aromatic nitrogens is 2. The highest BCUT2D eigenvalue weighted by Gasteiger charge is 2.02. The Labute approximate surface area is 100 Å². The van der Waals surface area contributed by atoms with E-state index in [0.29, 0.717) is 11.0 Å². The molecule has 0 atom stereocenters. The minimum Gasteiger partial charge on any atom is -0.344 e. The molecule has 1 heterocycles. The fourth-order valence-corrected chi connectivity index (χ4v) is 1.51. The molecule has 0 bridgehead atoms. The normalized spacial score (nSPS) is 10.3. The van der Waals surface area contributed by atoms with Crippen LogP contribution in [0, 0.1) is 0 Å². The van der Waals surface area contributed by atoms with Crippen molar-refractivity contribution in [2.45, 2.75) is 19.3 Å². The molecule has 1 aromatic heterocycles. The number of nitrogens with zero attached hydrogens (tertiary/aromatic N) is 3. The van der Waals surface area contributed by atoms with Crippen molar-refractivity contribution in [2.75, 3.05) is 24.4 Å². The molecule has 3 nitrogen and oxygen atoms in total. The summed E-state index contributed by atoms with van der Waals surface area (Å²) in [6.07, 6.45) is 6.53. The number of hydrogen-bond acceptors (Lipinski definition) is 3. The predicted molar refractivity (Wildman–Crippen MR) is 64.9 cm³/mol. The molecule has 0 unspecified atom stereocenters. The molecule has 0 aliphatic carbocycles. The molecule has 1 rings (SSSR count). The number of anilines is 1. The van der Waals surface area contributed by atoms with Crippen LogP contribution in [0.1, 0.15) is 19.3 Å². The molecule has 1 aromatic rings. The molecule has 0 radical (unpaired) electrons. The van der Waals surface area contributed by atoms with Crippen LogP contribution >= 0.6 is 23.2 Å². The molecule has 0 aromatic carbocycles. The van der Waals surface area contributed by atoms with Gasteiger partial charge in [0.05, 0.1) is 17.4 Å². The number of rotatable bonds is 6. The van der Waals surface area contributed by atoms with E-state index in [1.54, 1.807) is 12.4 Å². The van der Waals surface area contributed by atoms with Crippen LogP contribution in [0.25, 0.3) is 0 Å². The first-order chi connectivity index (χ1) is 7.24. The van der Waals surface area contributed by atoms with E-state index in [-0.39, 0.29) is 0 Å². The summed E-state index contributed by atoms with van der Waals surface area (Å²) in [6.45, 7) is 0.943. The summed E-state index contributed by atoms with van der Waals surface area (Å²) in [5.74, 6) is 1.45. The van der Waals surface area contributed by atoms with Crippen LogP contribution in [0.15, 0.2) is 12.4 Å². The zero-order chi connectivity index (χ0) is 11.1. The number of unbranched alkanes of at least 4 members (excludes halogenated alkanes) is 2. The van der Waals surface area contributed by atoms with Gasteiger partial charge in [-0.1, -0.05) is 18.0 Å². The van der Waals surface area contributed by atoms with E-state index < -0.39 is 0 Å². The average Bonchev–Trinajstić information content (AvgIpc) is 2.25. The van der Waals surface area contributed by atoms with Gasteiger partial charge in [0.25, 0.3) is 0 Å². The van der Waals surface area contributed by atoms with E-state index in [1.165, 1.54) is 0 Å². The summed E-state index contributed by atoms with van der Waals surface area (Å²) in [5, 5.41) is 0.564. The van der Waals surface area contributed by atoms with Crippen LogP contribution in [0.2, 0.25) is 5.02 Å². The Morgan fingerprint density at radius 3 is 2.47 bits per heavy atom. The summed E-state index contributed by atoms with van der Waals surface area (Å²) >= 11 is 11.3. The lowest BCUT2D eigenvalue weighted by Crippen LogP contribution is -2.20. The molecule has 0 fully saturated rings. The molecule has 0 saturated heterocycles. The Hall–Kier alpha value is -0.540. The monoisotopic (exact) mass is 247 g/mol. The maximum absolute atomic E-state index is 5.70. The lowest BCUT2D eigenvalue weighted by atomic mass is 10.2. The minimum absolute atomic E-state index is 0.564. The average molecular weight is 248 g/mol. The summed E-state index contributed by atoms with van der Waals surface area (Å²) in [5.41, 5.74) is 0. The van der Waals surface area contributed by atoms with Crippen LogP contribution in [0.5, 0.6) is 0 Å². The standard InChI is InChI=1S/C10H15Cl2N3/c1-15(6-4-2-3-5-11)10-13-7-9(12)8-14-10/h7-8H,2-6H2,1H3. The first-order valence-electron chi connectivity index (χ1n) is 4.98. The third-order valence-electron chi connectivity index (χ3n) is 2.08. The molecular weight excluding hydrogens is 233 g/mol. The summed E-state index contributed by atoms with van der Waals surface area (Å²) < 4.78 is 0. The Morgan fingerprint density at radius 1 is 1.20 bits per heavy atom. The second-order valence-electron chi connectivity index (χ2n) is 3.37. The maximum Gasteiger partial charge on any atom is 0.225 e. The fraction of sp³-hybridized carbons (Fsp3) is 0.600. The zero-order valence-electron chi connectivity index (χ0n) is 8.79. The van der Waals surface area contributed by atoms with Crippen molar-refractivity contribution in [2.24, 2.45) is 0 Å². The van der Waals surface area contributed by atoms with E-state index in [4.69, 9.17) is 23.2 Å². The molecule has 15 heavy (non-hydrogen) atoms. The molecule has 0 saturated carbocycles. The molecule has 0 aliphatic heterocycles. The first-order valence-corrected chi connectivity index (χ1v) is 5.90. The predicted octanol–water partition coefficient (Wildman–Crippen LogP) is 2.98. The van der Waals surface area contributed by atoms with E-state index in [1.807, 2.05) is 11.9 Å². The van der Waals surface area contributed by atoms with Crippen molar-refractivity contribution in [3.8, 4) is 0 Å². The Bertz CT molecular complexity index is 277. The molecular formula is C10H15Cl2N3. The second-order valence-corrected chi connectivity index (χ2v) is 4.19. The highest BCUT2D eigenvalue weighted by Crippen LogP contribution is 2.09. The smallest absolute Gasteiger partial charge is 0.225 e. The van der Waals surface area contributed by atoms with E-state index in [2.05, 4.69) is 9.97 Å². The maximum atomic E-state index is 5.70. The van der Waals surface area contributed by atoms with Crippen LogP contribution in [-0.4, -0.2) is 29.4 Å². The van der Waals surface area contributed by atoms with Gasteiger partial charge in [-0.25, -0.2) is 9.97 Å². The van der Waals surface area contributed by atoms with Crippen LogP contribution in [-0.2, 0) is 0 Å². The minimum atomic E-state index is 0.564. The quantitative estimate of drug-likeness (QED) is 0.572. The van der Waals surface area contributed by atoms with Gasteiger partial charge in [-0.05, 0) is 12.8 Å². The number of halogens is 2. The van der Waals surface area contributed by atoms with Gasteiger partial charge < -0.3 is 4.90 Å². The number of alkyl halides is 1. The van der Waals surface area contributed by atoms with Crippen LogP contribution in [0.4, 0.5) is 5.95 Å². The van der Waals surface area contributed by atoms with E-state index >= 15 is 0 Å². The Kier molecular flexibility index (Phi) is 5.73. The molecule has 84 valence electrons. The van der Waals surface area contributed by atoms with Crippen molar-refractivity contribution < 1.29 is 0 Å². The van der Waals surface area contributed by atoms with Gasteiger partial charge in [0.1, 0.15) is 0 Å². The molecule has 0 aliphatic rings. The summed E-state index contributed by atoms with van der Waals surface area (Å²) in [7, 11) is 1.98. The van der Waals surface area contributed by atoms with Crippen molar-refractivity contribution in [1.82, 2.24) is 9.97 Å². The van der Waals surface area contributed by atoms with Crippen molar-refractivity contribution in [3.63, 3.8) is 0 Å². The largest absolute Gasteiger partial charge is 0.344 e. The first kappa shape index (κ1) is 12.5. The molecule has 0 amide bonds. The van der Waals surface area contributed by atoms with Gasteiger partial charge in [0.15, 0.2) is 0 Å². The highest BCUT2D eigenvalue weighted by atomic mass is 35.5. The third kappa shape index (κ3) is 4.67. The fourth-order valence-electron chi connectivity index (χ4n) is 1.22. The zero-order valence-corrected chi connectivity index (χ0v) is 10.3. The lowest BCUT2D eigenvalue weighted by molar-refractivity contribution is 0.698. The van der Waals surface area contributed by atoms with Gasteiger partial charge >= 0.3 is 0 Å². The van der Waals surface area contributed by atoms with Gasteiger partial charge in [0, 0.05) is 19.5 Å².